The minimum Gasteiger partial charge on any atom is -0.507 e. The zero-order chi connectivity index (χ0) is 39.6. The number of pyridine rings is 1. The number of rotatable bonds is 7. The average molecular weight is 750 g/mol. The van der Waals surface area contributed by atoms with Gasteiger partial charge in [0.1, 0.15) is 11.6 Å². The molecule has 0 spiro atoms. The molecular formula is C54H43N3O. The lowest BCUT2D eigenvalue weighted by Crippen LogP contribution is -2.19. The fourth-order valence-electron chi connectivity index (χ4n) is 9.19. The number of hydrogen-bond acceptors (Lipinski definition) is 3. The van der Waals surface area contributed by atoms with E-state index in [9.17, 15) is 5.11 Å². The molecule has 0 fully saturated rings. The third-order valence-electron chi connectivity index (χ3n) is 12.3. The van der Waals surface area contributed by atoms with Crippen LogP contribution in [-0.2, 0) is 10.8 Å². The van der Waals surface area contributed by atoms with Crippen molar-refractivity contribution < 1.29 is 5.11 Å². The van der Waals surface area contributed by atoms with Crippen molar-refractivity contribution in [2.24, 2.45) is 0 Å². The molecule has 58 heavy (non-hydrogen) atoms. The molecule has 0 saturated heterocycles. The fourth-order valence-corrected chi connectivity index (χ4v) is 9.19. The molecule has 0 unspecified atom stereocenters. The Labute approximate surface area is 339 Å². The lowest BCUT2D eigenvalue weighted by Gasteiger charge is -2.28. The highest BCUT2D eigenvalue weighted by atomic mass is 16.3. The Morgan fingerprint density at radius 3 is 1.95 bits per heavy atom. The Bertz CT molecular complexity index is 3010. The second kappa shape index (κ2) is 13.6. The summed E-state index contributed by atoms with van der Waals surface area (Å²) in [5.41, 5.74) is 16.7. The van der Waals surface area contributed by atoms with Crippen LogP contribution in [0.5, 0.6) is 5.75 Å². The first-order chi connectivity index (χ1) is 28.2. The van der Waals surface area contributed by atoms with E-state index in [1.165, 1.54) is 33.4 Å². The van der Waals surface area contributed by atoms with Gasteiger partial charge < -0.3 is 5.11 Å². The summed E-state index contributed by atoms with van der Waals surface area (Å²) < 4.78 is 2.21. The predicted octanol–water partition coefficient (Wildman–Crippen LogP) is 13.4. The predicted molar refractivity (Wildman–Crippen MR) is 238 cm³/mol. The van der Waals surface area contributed by atoms with Crippen LogP contribution < -0.4 is 0 Å². The van der Waals surface area contributed by atoms with E-state index < -0.39 is 0 Å². The number of para-hydroxylation sites is 3. The van der Waals surface area contributed by atoms with Crippen molar-refractivity contribution in [3.63, 3.8) is 0 Å². The van der Waals surface area contributed by atoms with Gasteiger partial charge in [0.15, 0.2) is 0 Å². The lowest BCUT2D eigenvalue weighted by molar-refractivity contribution is 0.477. The molecule has 0 amide bonds. The molecule has 1 aliphatic carbocycles. The topological polar surface area (TPSA) is 50.9 Å². The van der Waals surface area contributed by atoms with Crippen LogP contribution in [0.1, 0.15) is 49.9 Å². The Balaban J connectivity index is 1.26. The molecule has 2 aromatic heterocycles. The summed E-state index contributed by atoms with van der Waals surface area (Å²) in [6, 6.07) is 61.5. The Kier molecular flexibility index (Phi) is 8.27. The molecule has 10 rings (SSSR count). The Hall–Kier alpha value is -7.04. The molecule has 1 N–H and O–H groups in total. The standard InChI is InChI=1S/C54H43N3O/c1-53(2,38-20-9-6-10-21-38)39-33-36(32-37(34-39)50-49-43(30-31-55-50)42-23-11-14-26-45(42)54(49,3)4)41-25-17-28-47-51(41)56-52(44-24-13-16-29-48(44)58)57(47)46-27-15-12-22-40(46)35-18-7-5-8-19-35/h5-34,58H,1-4H3. The van der Waals surface area contributed by atoms with Gasteiger partial charge in [-0.1, -0.05) is 161 Å². The Morgan fingerprint density at radius 1 is 0.534 bits per heavy atom. The maximum absolute atomic E-state index is 11.4. The maximum Gasteiger partial charge on any atom is 0.149 e. The van der Waals surface area contributed by atoms with E-state index >= 15 is 0 Å². The van der Waals surface area contributed by atoms with Gasteiger partial charge in [0.05, 0.1) is 28.0 Å². The molecule has 0 radical (unpaired) electrons. The zero-order valence-electron chi connectivity index (χ0n) is 33.1. The number of aromatic nitrogens is 3. The molecule has 4 heteroatoms. The summed E-state index contributed by atoms with van der Waals surface area (Å²) in [6.45, 7) is 9.26. The number of phenols is 1. The first-order valence-corrected chi connectivity index (χ1v) is 20.0. The normalized spacial score (nSPS) is 13.0. The molecule has 2 heterocycles. The SMILES string of the molecule is CC(C)(c1ccccc1)c1cc(-c2nccc3c2C(C)(C)c2ccccc2-3)cc(-c2cccc3c2nc(-c2ccccc2O)n3-c2ccccc2-c2ccccc2)c1. The van der Waals surface area contributed by atoms with Crippen LogP contribution >= 0.6 is 0 Å². The van der Waals surface area contributed by atoms with Gasteiger partial charge in [-0.15, -0.1) is 0 Å². The van der Waals surface area contributed by atoms with Crippen LogP contribution in [0.2, 0.25) is 0 Å². The van der Waals surface area contributed by atoms with Gasteiger partial charge in [0, 0.05) is 33.7 Å². The van der Waals surface area contributed by atoms with Crippen molar-refractivity contribution in [3.8, 4) is 67.5 Å². The molecule has 280 valence electrons. The van der Waals surface area contributed by atoms with Gasteiger partial charge >= 0.3 is 0 Å². The quantitative estimate of drug-likeness (QED) is 0.176. The highest BCUT2D eigenvalue weighted by Crippen LogP contribution is 2.52. The van der Waals surface area contributed by atoms with E-state index in [-0.39, 0.29) is 16.6 Å². The Morgan fingerprint density at radius 2 is 1.17 bits per heavy atom. The number of aromatic hydroxyl groups is 1. The second-order valence-corrected chi connectivity index (χ2v) is 16.4. The van der Waals surface area contributed by atoms with Gasteiger partial charge in [0.25, 0.3) is 0 Å². The number of imidazole rings is 1. The smallest absolute Gasteiger partial charge is 0.149 e. The van der Waals surface area contributed by atoms with Gasteiger partial charge in [0.2, 0.25) is 0 Å². The molecule has 7 aromatic carbocycles. The average Bonchev–Trinajstić information content (AvgIpc) is 3.76. The summed E-state index contributed by atoms with van der Waals surface area (Å²) in [4.78, 5) is 10.7. The van der Waals surface area contributed by atoms with Crippen molar-refractivity contribution in [1.29, 1.82) is 0 Å². The van der Waals surface area contributed by atoms with Crippen LogP contribution in [0, 0.1) is 0 Å². The molecule has 1 aliphatic rings. The maximum atomic E-state index is 11.4. The van der Waals surface area contributed by atoms with Gasteiger partial charge in [-0.3, -0.25) is 9.55 Å². The summed E-state index contributed by atoms with van der Waals surface area (Å²) in [5.74, 6) is 0.853. The summed E-state index contributed by atoms with van der Waals surface area (Å²) in [6.07, 6.45) is 1.96. The number of hydrogen-bond donors (Lipinski definition) is 1. The van der Waals surface area contributed by atoms with Gasteiger partial charge in [-0.25, -0.2) is 4.98 Å². The molecule has 0 saturated carbocycles. The molecule has 9 aromatic rings. The van der Waals surface area contributed by atoms with E-state index in [0.29, 0.717) is 11.4 Å². The zero-order valence-corrected chi connectivity index (χ0v) is 33.1. The largest absolute Gasteiger partial charge is 0.507 e. The minimum atomic E-state index is -0.328. The van der Waals surface area contributed by atoms with E-state index in [0.717, 1.165) is 50.2 Å². The molecule has 0 atom stereocenters. The van der Waals surface area contributed by atoms with Crippen molar-refractivity contribution in [2.45, 2.75) is 38.5 Å². The highest BCUT2D eigenvalue weighted by Gasteiger charge is 2.38. The fraction of sp³-hybridized carbons (Fsp3) is 0.111. The molecule has 4 nitrogen and oxygen atoms in total. The van der Waals surface area contributed by atoms with Gasteiger partial charge in [-0.2, -0.15) is 0 Å². The van der Waals surface area contributed by atoms with E-state index in [1.807, 2.05) is 30.5 Å². The lowest BCUT2D eigenvalue weighted by atomic mass is 9.75. The van der Waals surface area contributed by atoms with Crippen molar-refractivity contribution in [2.75, 3.05) is 0 Å². The van der Waals surface area contributed by atoms with Gasteiger partial charge in [-0.05, 0) is 87.0 Å². The minimum absolute atomic E-state index is 0.180. The first kappa shape index (κ1) is 35.4. The first-order valence-electron chi connectivity index (χ1n) is 20.0. The second-order valence-electron chi connectivity index (χ2n) is 16.4. The highest BCUT2D eigenvalue weighted by molar-refractivity contribution is 5.98. The summed E-state index contributed by atoms with van der Waals surface area (Å²) >= 11 is 0. The van der Waals surface area contributed by atoms with Crippen LogP contribution in [-0.4, -0.2) is 19.6 Å². The third-order valence-corrected chi connectivity index (χ3v) is 12.3. The monoisotopic (exact) mass is 749 g/mol. The van der Waals surface area contributed by atoms with Crippen molar-refractivity contribution >= 4 is 11.0 Å². The van der Waals surface area contributed by atoms with Crippen LogP contribution in [0.4, 0.5) is 0 Å². The van der Waals surface area contributed by atoms with E-state index in [4.69, 9.17) is 9.97 Å². The number of phenolic OH excluding ortho intramolecular Hbond substituents is 1. The summed E-state index contributed by atoms with van der Waals surface area (Å²) in [5, 5.41) is 11.4. The summed E-state index contributed by atoms with van der Waals surface area (Å²) in [7, 11) is 0. The van der Waals surface area contributed by atoms with Crippen LogP contribution in [0.25, 0.3) is 72.7 Å². The third kappa shape index (κ3) is 5.59. The molecule has 0 aliphatic heterocycles. The van der Waals surface area contributed by atoms with E-state index in [1.54, 1.807) is 6.07 Å². The number of nitrogens with zero attached hydrogens (tertiary/aromatic N) is 3. The van der Waals surface area contributed by atoms with E-state index in [2.05, 4.69) is 178 Å². The molecule has 0 bridgehead atoms. The van der Waals surface area contributed by atoms with Crippen molar-refractivity contribution in [3.05, 3.63) is 204 Å². The molecular weight excluding hydrogens is 707 g/mol. The number of benzene rings is 7. The number of fused-ring (bicyclic) bond motifs is 4. The van der Waals surface area contributed by atoms with Crippen LogP contribution in [0.3, 0.4) is 0 Å². The van der Waals surface area contributed by atoms with Crippen LogP contribution in [0.15, 0.2) is 182 Å². The van der Waals surface area contributed by atoms with Crippen molar-refractivity contribution in [1.82, 2.24) is 14.5 Å².